The summed E-state index contributed by atoms with van der Waals surface area (Å²) in [5.74, 6) is 1.11. The molecule has 4 aromatic rings. The van der Waals surface area contributed by atoms with E-state index in [1.54, 1.807) is 0 Å². The summed E-state index contributed by atoms with van der Waals surface area (Å²) in [6.07, 6.45) is 0. The molecule has 0 unspecified atom stereocenters. The van der Waals surface area contributed by atoms with Gasteiger partial charge in [-0.2, -0.15) is 9.61 Å². The fourth-order valence-electron chi connectivity index (χ4n) is 4.50. The number of nitrogens with zero attached hydrogens (tertiary/aromatic N) is 5. The van der Waals surface area contributed by atoms with E-state index in [0.717, 1.165) is 65.2 Å². The summed E-state index contributed by atoms with van der Waals surface area (Å²) in [7, 11) is 0. The Kier molecular flexibility index (Phi) is 5.06. The number of hydrogen-bond acceptors (Lipinski definition) is 4. The van der Waals surface area contributed by atoms with Gasteiger partial charge in [-0.25, -0.2) is 4.98 Å². The Morgan fingerprint density at radius 3 is 2.23 bits per heavy atom. The lowest BCUT2D eigenvalue weighted by Gasteiger charge is -2.37. The first-order chi connectivity index (χ1) is 15.0. The molecule has 0 saturated carbocycles. The highest BCUT2D eigenvalue weighted by molar-refractivity contribution is 6.30. The number of anilines is 2. The molecule has 5 nitrogen and oxygen atoms in total. The summed E-state index contributed by atoms with van der Waals surface area (Å²) in [6, 6.07) is 18.7. The van der Waals surface area contributed by atoms with Crippen LogP contribution < -0.4 is 9.80 Å². The first kappa shape index (κ1) is 19.9. The minimum Gasteiger partial charge on any atom is -0.368 e. The van der Waals surface area contributed by atoms with E-state index in [-0.39, 0.29) is 0 Å². The topological polar surface area (TPSA) is 36.7 Å². The standard InChI is InChI=1S/C25H26ClN5/c1-17-6-4-5-7-22(17)29-12-14-30(15-13-29)23-16-18(2)27-25-24(19(3)28-31(23)25)20-8-10-21(26)11-9-20/h4-11,16H,12-15H2,1-3H3. The molecule has 0 bridgehead atoms. The molecule has 0 atom stereocenters. The van der Waals surface area contributed by atoms with Gasteiger partial charge < -0.3 is 9.80 Å². The van der Waals surface area contributed by atoms with Gasteiger partial charge in [0.25, 0.3) is 0 Å². The highest BCUT2D eigenvalue weighted by atomic mass is 35.5. The van der Waals surface area contributed by atoms with Crippen LogP contribution in [0.4, 0.5) is 11.5 Å². The lowest BCUT2D eigenvalue weighted by atomic mass is 10.1. The van der Waals surface area contributed by atoms with Crippen LogP contribution in [0.2, 0.25) is 5.02 Å². The predicted octanol–water partition coefficient (Wildman–Crippen LogP) is 5.30. The maximum absolute atomic E-state index is 6.10. The summed E-state index contributed by atoms with van der Waals surface area (Å²) in [6.45, 7) is 10.2. The Bertz CT molecular complexity index is 1240. The van der Waals surface area contributed by atoms with E-state index in [1.165, 1.54) is 11.3 Å². The number of fused-ring (bicyclic) bond motifs is 1. The second-order valence-corrected chi connectivity index (χ2v) is 8.66. The van der Waals surface area contributed by atoms with E-state index in [4.69, 9.17) is 21.7 Å². The lowest BCUT2D eigenvalue weighted by molar-refractivity contribution is 0.637. The van der Waals surface area contributed by atoms with E-state index in [1.807, 2.05) is 35.7 Å². The predicted molar refractivity (Wildman–Crippen MR) is 129 cm³/mol. The van der Waals surface area contributed by atoms with Crippen LogP contribution in [0.15, 0.2) is 54.6 Å². The third-order valence-corrected chi connectivity index (χ3v) is 6.32. The summed E-state index contributed by atoms with van der Waals surface area (Å²) in [5.41, 5.74) is 7.69. The lowest BCUT2D eigenvalue weighted by Crippen LogP contribution is -2.47. The molecule has 31 heavy (non-hydrogen) atoms. The van der Waals surface area contributed by atoms with Gasteiger partial charge in [0.15, 0.2) is 5.65 Å². The summed E-state index contributed by atoms with van der Waals surface area (Å²) in [4.78, 5) is 9.76. The van der Waals surface area contributed by atoms with E-state index in [0.29, 0.717) is 0 Å². The van der Waals surface area contributed by atoms with Crippen molar-refractivity contribution in [1.82, 2.24) is 14.6 Å². The summed E-state index contributed by atoms with van der Waals surface area (Å²) < 4.78 is 2.01. The Morgan fingerprint density at radius 1 is 0.839 bits per heavy atom. The summed E-state index contributed by atoms with van der Waals surface area (Å²) in [5, 5.41) is 5.62. The highest BCUT2D eigenvalue weighted by Crippen LogP contribution is 2.31. The fourth-order valence-corrected chi connectivity index (χ4v) is 4.63. The normalized spacial score (nSPS) is 14.5. The molecule has 1 aliphatic rings. The van der Waals surface area contributed by atoms with Crippen molar-refractivity contribution in [2.45, 2.75) is 20.8 Å². The van der Waals surface area contributed by atoms with Crippen molar-refractivity contribution in [2.75, 3.05) is 36.0 Å². The molecule has 0 radical (unpaired) electrons. The van der Waals surface area contributed by atoms with E-state index >= 15 is 0 Å². The Morgan fingerprint density at radius 2 is 1.52 bits per heavy atom. The molecule has 158 valence electrons. The zero-order chi connectivity index (χ0) is 21.5. The highest BCUT2D eigenvalue weighted by Gasteiger charge is 2.23. The molecular weight excluding hydrogens is 406 g/mol. The Labute approximate surface area is 187 Å². The minimum absolute atomic E-state index is 0.731. The maximum atomic E-state index is 6.10. The number of halogens is 1. The number of benzene rings is 2. The number of para-hydroxylation sites is 1. The molecular formula is C25H26ClN5. The van der Waals surface area contributed by atoms with Crippen LogP contribution in [0, 0.1) is 20.8 Å². The average Bonchev–Trinajstić information content (AvgIpc) is 3.10. The van der Waals surface area contributed by atoms with Gasteiger partial charge in [-0.05, 0) is 50.1 Å². The first-order valence-electron chi connectivity index (χ1n) is 10.7. The second-order valence-electron chi connectivity index (χ2n) is 8.22. The SMILES string of the molecule is Cc1cc(N2CCN(c3ccccc3C)CC2)n2nc(C)c(-c3ccc(Cl)cc3)c2n1. The molecule has 2 aromatic heterocycles. The third-order valence-electron chi connectivity index (χ3n) is 6.07. The van der Waals surface area contributed by atoms with Crippen molar-refractivity contribution in [3.05, 3.63) is 76.6 Å². The number of aromatic nitrogens is 3. The quantitative estimate of drug-likeness (QED) is 0.441. The van der Waals surface area contributed by atoms with E-state index in [9.17, 15) is 0 Å². The Balaban J connectivity index is 1.49. The van der Waals surface area contributed by atoms with Crippen LogP contribution >= 0.6 is 11.6 Å². The van der Waals surface area contributed by atoms with Crippen LogP contribution in [0.1, 0.15) is 17.0 Å². The molecule has 0 N–H and O–H groups in total. The average molecular weight is 432 g/mol. The number of hydrogen-bond donors (Lipinski definition) is 0. The van der Waals surface area contributed by atoms with Gasteiger partial charge in [0.1, 0.15) is 5.82 Å². The van der Waals surface area contributed by atoms with Crippen molar-refractivity contribution in [3.8, 4) is 11.1 Å². The van der Waals surface area contributed by atoms with Gasteiger partial charge in [0.05, 0.1) is 5.69 Å². The third kappa shape index (κ3) is 3.63. The molecule has 0 aliphatic carbocycles. The van der Waals surface area contributed by atoms with Crippen molar-refractivity contribution in [1.29, 1.82) is 0 Å². The van der Waals surface area contributed by atoms with Crippen molar-refractivity contribution < 1.29 is 0 Å². The zero-order valence-corrected chi connectivity index (χ0v) is 18.9. The molecule has 1 fully saturated rings. The van der Waals surface area contributed by atoms with Gasteiger partial charge in [-0.1, -0.05) is 41.9 Å². The van der Waals surface area contributed by atoms with Crippen molar-refractivity contribution in [2.24, 2.45) is 0 Å². The van der Waals surface area contributed by atoms with Crippen LogP contribution in [0.25, 0.3) is 16.8 Å². The molecule has 1 aliphatic heterocycles. The molecule has 6 heteroatoms. The molecule has 3 heterocycles. The van der Waals surface area contributed by atoms with Gasteiger partial charge in [-0.3, -0.25) is 0 Å². The van der Waals surface area contributed by atoms with Gasteiger partial charge >= 0.3 is 0 Å². The van der Waals surface area contributed by atoms with Crippen LogP contribution in [-0.4, -0.2) is 40.8 Å². The van der Waals surface area contributed by atoms with Crippen molar-refractivity contribution in [3.63, 3.8) is 0 Å². The van der Waals surface area contributed by atoms with Gasteiger partial charge in [-0.15, -0.1) is 0 Å². The maximum Gasteiger partial charge on any atom is 0.165 e. The van der Waals surface area contributed by atoms with Crippen molar-refractivity contribution >= 4 is 28.8 Å². The minimum atomic E-state index is 0.731. The molecule has 0 spiro atoms. The molecule has 2 aromatic carbocycles. The Hall–Kier alpha value is -3.05. The first-order valence-corrected chi connectivity index (χ1v) is 11.1. The zero-order valence-electron chi connectivity index (χ0n) is 18.1. The van der Waals surface area contributed by atoms with Gasteiger partial charge in [0, 0.05) is 54.2 Å². The number of aryl methyl sites for hydroxylation is 3. The largest absolute Gasteiger partial charge is 0.368 e. The summed E-state index contributed by atoms with van der Waals surface area (Å²) >= 11 is 6.10. The van der Waals surface area contributed by atoms with E-state index in [2.05, 4.69) is 54.0 Å². The molecule has 0 amide bonds. The fraction of sp³-hybridized carbons (Fsp3) is 0.280. The van der Waals surface area contributed by atoms with Gasteiger partial charge in [0.2, 0.25) is 0 Å². The molecule has 5 rings (SSSR count). The second kappa shape index (κ2) is 7.89. The number of piperazine rings is 1. The van der Waals surface area contributed by atoms with Crippen LogP contribution in [0.5, 0.6) is 0 Å². The monoisotopic (exact) mass is 431 g/mol. The number of rotatable bonds is 3. The smallest absolute Gasteiger partial charge is 0.165 e. The molecule has 1 saturated heterocycles. The van der Waals surface area contributed by atoms with Crippen LogP contribution in [0.3, 0.4) is 0 Å². The van der Waals surface area contributed by atoms with Crippen LogP contribution in [-0.2, 0) is 0 Å². The van der Waals surface area contributed by atoms with E-state index < -0.39 is 0 Å².